The molecule has 0 radical (unpaired) electrons. The monoisotopic (exact) mass is 410 g/mol. The van der Waals surface area contributed by atoms with Crippen molar-refractivity contribution in [2.45, 2.75) is 6.54 Å². The number of anilines is 1. The van der Waals surface area contributed by atoms with E-state index < -0.39 is 0 Å². The number of thiophene rings is 1. The summed E-state index contributed by atoms with van der Waals surface area (Å²) in [6.07, 6.45) is 4.10. The molecule has 2 aromatic heterocycles. The Hall–Kier alpha value is -1.04. The maximum Gasteiger partial charge on any atom is 0.0843 e. The number of aromatic nitrogens is 1. The molecule has 0 bridgehead atoms. The molecule has 0 saturated carbocycles. The van der Waals surface area contributed by atoms with Gasteiger partial charge in [-0.1, -0.05) is 6.07 Å². The summed E-state index contributed by atoms with van der Waals surface area (Å²) in [5, 5.41) is 3.46. The van der Waals surface area contributed by atoms with Gasteiger partial charge < -0.3 is 9.88 Å². The van der Waals surface area contributed by atoms with Gasteiger partial charge in [0.1, 0.15) is 0 Å². The molecule has 0 aliphatic rings. The lowest BCUT2D eigenvalue weighted by atomic mass is 10.2. The molecule has 0 fully saturated rings. The molecule has 5 heteroatoms. The first-order valence-corrected chi connectivity index (χ1v) is 8.53. The third-order valence-corrected chi connectivity index (χ3v) is 6.17. The van der Waals surface area contributed by atoms with E-state index in [1.165, 1.54) is 4.88 Å². The van der Waals surface area contributed by atoms with Crippen LogP contribution in [0.1, 0.15) is 4.88 Å². The van der Waals surface area contributed by atoms with Gasteiger partial charge in [0.15, 0.2) is 0 Å². The molecule has 1 N–H and O–H groups in total. The van der Waals surface area contributed by atoms with Crippen LogP contribution in [-0.4, -0.2) is 4.57 Å². The summed E-state index contributed by atoms with van der Waals surface area (Å²) in [4.78, 5) is 1.29. The molecule has 0 aliphatic carbocycles. The molecule has 102 valence electrons. The van der Waals surface area contributed by atoms with Crippen molar-refractivity contribution in [3.05, 3.63) is 68.0 Å². The second-order valence-electron chi connectivity index (χ2n) is 4.33. The van der Waals surface area contributed by atoms with E-state index in [1.807, 2.05) is 24.5 Å². The zero-order chi connectivity index (χ0) is 13.9. The van der Waals surface area contributed by atoms with Gasteiger partial charge in [-0.05, 0) is 68.3 Å². The van der Waals surface area contributed by atoms with Crippen molar-refractivity contribution in [1.82, 2.24) is 4.57 Å². The Morgan fingerprint density at radius 3 is 2.55 bits per heavy atom. The fraction of sp³-hybridized carbons (Fsp3) is 0.0667. The van der Waals surface area contributed by atoms with Gasteiger partial charge in [0.05, 0.1) is 3.79 Å². The molecule has 0 amide bonds. The average molecular weight is 412 g/mol. The summed E-state index contributed by atoms with van der Waals surface area (Å²) in [5.74, 6) is 0. The summed E-state index contributed by atoms with van der Waals surface area (Å²) in [5.41, 5.74) is 2.28. The first-order valence-electron chi connectivity index (χ1n) is 6.13. The molecule has 0 aliphatic heterocycles. The minimum atomic E-state index is 0.823. The van der Waals surface area contributed by atoms with E-state index in [-0.39, 0.29) is 0 Å². The average Bonchev–Trinajstić information content (AvgIpc) is 3.08. The lowest BCUT2D eigenvalue weighted by Gasteiger charge is -2.08. The van der Waals surface area contributed by atoms with Crippen LogP contribution in [0.4, 0.5) is 5.69 Å². The van der Waals surface area contributed by atoms with Crippen LogP contribution in [-0.2, 0) is 6.54 Å². The van der Waals surface area contributed by atoms with Gasteiger partial charge in [0.25, 0.3) is 0 Å². The summed E-state index contributed by atoms with van der Waals surface area (Å²) in [7, 11) is 0. The highest BCUT2D eigenvalue weighted by molar-refractivity contribution is 9.13. The van der Waals surface area contributed by atoms with Crippen molar-refractivity contribution >= 4 is 48.9 Å². The molecule has 1 aromatic carbocycles. The third-order valence-electron chi connectivity index (χ3n) is 2.91. The smallest absolute Gasteiger partial charge is 0.0843 e. The van der Waals surface area contributed by atoms with Gasteiger partial charge in [-0.15, -0.1) is 11.3 Å². The van der Waals surface area contributed by atoms with Crippen LogP contribution < -0.4 is 5.32 Å². The Kier molecular flexibility index (Phi) is 4.29. The SMILES string of the molecule is Brc1cc(CNc2cccc(-n3cccc3)c2)sc1Br. The van der Waals surface area contributed by atoms with Crippen molar-refractivity contribution in [3.63, 3.8) is 0 Å². The number of nitrogens with one attached hydrogen (secondary N) is 1. The lowest BCUT2D eigenvalue weighted by molar-refractivity contribution is 1.08. The molecule has 3 rings (SSSR count). The lowest BCUT2D eigenvalue weighted by Crippen LogP contribution is -1.98. The first-order chi connectivity index (χ1) is 9.72. The highest BCUT2D eigenvalue weighted by Crippen LogP contribution is 2.32. The topological polar surface area (TPSA) is 17.0 Å². The number of rotatable bonds is 4. The number of halogens is 2. The number of nitrogens with zero attached hydrogens (tertiary/aromatic N) is 1. The number of benzene rings is 1. The van der Waals surface area contributed by atoms with Crippen molar-refractivity contribution in [2.75, 3.05) is 5.32 Å². The van der Waals surface area contributed by atoms with Crippen LogP contribution in [0.25, 0.3) is 5.69 Å². The van der Waals surface area contributed by atoms with E-state index in [0.717, 1.165) is 26.2 Å². The second kappa shape index (κ2) is 6.16. The van der Waals surface area contributed by atoms with Crippen LogP contribution in [0.5, 0.6) is 0 Å². The first kappa shape index (κ1) is 13.9. The Balaban J connectivity index is 1.73. The zero-order valence-electron chi connectivity index (χ0n) is 10.5. The Bertz CT molecular complexity index is 685. The fourth-order valence-corrected chi connectivity index (χ4v) is 4.07. The zero-order valence-corrected chi connectivity index (χ0v) is 14.5. The molecule has 2 nitrogen and oxygen atoms in total. The molecular weight excluding hydrogens is 400 g/mol. The van der Waals surface area contributed by atoms with Crippen molar-refractivity contribution in [2.24, 2.45) is 0 Å². The van der Waals surface area contributed by atoms with E-state index in [2.05, 4.69) is 72.1 Å². The largest absolute Gasteiger partial charge is 0.380 e. The number of hydrogen-bond acceptors (Lipinski definition) is 2. The predicted molar refractivity (Wildman–Crippen MR) is 92.8 cm³/mol. The molecule has 20 heavy (non-hydrogen) atoms. The van der Waals surface area contributed by atoms with Crippen LogP contribution in [0.15, 0.2) is 63.1 Å². The Morgan fingerprint density at radius 1 is 1.05 bits per heavy atom. The molecular formula is C15H12Br2N2S. The van der Waals surface area contributed by atoms with E-state index in [4.69, 9.17) is 0 Å². The van der Waals surface area contributed by atoms with E-state index in [9.17, 15) is 0 Å². The molecule has 0 atom stereocenters. The standard InChI is InChI=1S/C15H12Br2N2S/c16-14-9-13(20-15(14)17)10-18-11-4-3-5-12(8-11)19-6-1-2-7-19/h1-9,18H,10H2. The summed E-state index contributed by atoms with van der Waals surface area (Å²) in [6.45, 7) is 0.823. The van der Waals surface area contributed by atoms with Gasteiger partial charge in [-0.2, -0.15) is 0 Å². The molecule has 2 heterocycles. The predicted octanol–water partition coefficient (Wildman–Crippen LogP) is 5.68. The second-order valence-corrected chi connectivity index (χ2v) is 7.64. The van der Waals surface area contributed by atoms with Crippen molar-refractivity contribution in [3.8, 4) is 5.69 Å². The van der Waals surface area contributed by atoms with Crippen LogP contribution in [0, 0.1) is 0 Å². The summed E-state index contributed by atoms with van der Waals surface area (Å²) >= 11 is 8.77. The van der Waals surface area contributed by atoms with E-state index in [0.29, 0.717) is 0 Å². The summed E-state index contributed by atoms with van der Waals surface area (Å²) < 4.78 is 4.35. The van der Waals surface area contributed by atoms with Gasteiger partial charge in [-0.25, -0.2) is 0 Å². The van der Waals surface area contributed by atoms with Gasteiger partial charge in [0.2, 0.25) is 0 Å². The quantitative estimate of drug-likeness (QED) is 0.584. The Morgan fingerprint density at radius 2 is 1.85 bits per heavy atom. The molecule has 0 saturated heterocycles. The van der Waals surface area contributed by atoms with Gasteiger partial charge in [-0.3, -0.25) is 0 Å². The minimum absolute atomic E-state index is 0.823. The van der Waals surface area contributed by atoms with E-state index in [1.54, 1.807) is 11.3 Å². The van der Waals surface area contributed by atoms with Crippen molar-refractivity contribution in [1.29, 1.82) is 0 Å². The molecule has 3 aromatic rings. The maximum atomic E-state index is 3.52. The number of hydrogen-bond donors (Lipinski definition) is 1. The summed E-state index contributed by atoms with van der Waals surface area (Å²) in [6, 6.07) is 14.6. The molecule has 0 unspecified atom stereocenters. The fourth-order valence-electron chi connectivity index (χ4n) is 1.95. The van der Waals surface area contributed by atoms with Crippen molar-refractivity contribution < 1.29 is 0 Å². The molecule has 0 spiro atoms. The highest BCUT2D eigenvalue weighted by Gasteiger charge is 2.04. The van der Waals surface area contributed by atoms with Crippen LogP contribution in [0.2, 0.25) is 0 Å². The van der Waals surface area contributed by atoms with Gasteiger partial charge in [0, 0.05) is 39.7 Å². The minimum Gasteiger partial charge on any atom is -0.380 e. The highest BCUT2D eigenvalue weighted by atomic mass is 79.9. The van der Waals surface area contributed by atoms with Crippen LogP contribution in [0.3, 0.4) is 0 Å². The van der Waals surface area contributed by atoms with Gasteiger partial charge >= 0.3 is 0 Å². The third kappa shape index (κ3) is 3.16. The Labute approximate surface area is 138 Å². The maximum absolute atomic E-state index is 3.52. The van der Waals surface area contributed by atoms with E-state index >= 15 is 0 Å². The van der Waals surface area contributed by atoms with Crippen LogP contribution >= 0.6 is 43.2 Å². The normalized spacial score (nSPS) is 10.7.